The molecule has 2 aliphatic heterocycles. The van der Waals surface area contributed by atoms with Crippen LogP contribution in [0.15, 0.2) is 48.5 Å². The Morgan fingerprint density at radius 3 is 1.46 bits per heavy atom. The van der Waals surface area contributed by atoms with Gasteiger partial charge in [0.2, 0.25) is 0 Å². The lowest BCUT2D eigenvalue weighted by Crippen LogP contribution is -2.41. The number of carbonyl (C=O) groups excluding carboxylic acids is 2. The van der Waals surface area contributed by atoms with Gasteiger partial charge in [-0.25, -0.2) is 0 Å². The number of rotatable bonds is 10. The minimum Gasteiger partial charge on any atom is -0.465 e. The van der Waals surface area contributed by atoms with E-state index in [0.717, 1.165) is 56.3 Å². The molecule has 8 heteroatoms. The second-order valence-corrected chi connectivity index (χ2v) is 11.9. The fourth-order valence-electron chi connectivity index (χ4n) is 5.87. The minimum absolute atomic E-state index is 0.136. The molecule has 0 amide bonds. The maximum absolute atomic E-state index is 13.0. The Hall–Kier alpha value is -2.12. The lowest BCUT2D eigenvalue weighted by molar-refractivity contribution is -0.151. The van der Waals surface area contributed by atoms with Crippen molar-refractivity contribution in [2.24, 2.45) is 11.8 Å². The van der Waals surface area contributed by atoms with Crippen molar-refractivity contribution in [1.82, 2.24) is 9.80 Å². The number of piperidine rings is 2. The Kier molecular flexibility index (Phi) is 11.1. The van der Waals surface area contributed by atoms with Gasteiger partial charge in [0.15, 0.2) is 0 Å². The zero-order valence-electron chi connectivity index (χ0n) is 23.0. The number of nitrogens with zero attached hydrogens (tertiary/aromatic N) is 2. The van der Waals surface area contributed by atoms with Crippen LogP contribution in [0.1, 0.15) is 55.1 Å². The van der Waals surface area contributed by atoms with E-state index in [1.807, 2.05) is 62.6 Å². The number of esters is 2. The summed E-state index contributed by atoms with van der Waals surface area (Å²) in [5.74, 6) is -0.367. The van der Waals surface area contributed by atoms with E-state index < -0.39 is 0 Å². The highest BCUT2D eigenvalue weighted by atomic mass is 35.5. The van der Waals surface area contributed by atoms with Crippen LogP contribution in [-0.2, 0) is 19.1 Å². The summed E-state index contributed by atoms with van der Waals surface area (Å²) in [7, 11) is 4.09. The second kappa shape index (κ2) is 14.5. The molecule has 212 valence electrons. The van der Waals surface area contributed by atoms with Crippen LogP contribution in [-0.4, -0.2) is 75.2 Å². The highest BCUT2D eigenvalue weighted by molar-refractivity contribution is 6.30. The van der Waals surface area contributed by atoms with E-state index in [1.165, 1.54) is 0 Å². The molecule has 0 bridgehead atoms. The van der Waals surface area contributed by atoms with Crippen LogP contribution in [0.25, 0.3) is 0 Å². The number of unbranched alkanes of at least 4 members (excludes halogenated alkanes) is 2. The summed E-state index contributed by atoms with van der Waals surface area (Å²) in [6.07, 6.45) is 4.16. The molecule has 0 aliphatic carbocycles. The van der Waals surface area contributed by atoms with Gasteiger partial charge in [-0.05, 0) is 107 Å². The highest BCUT2D eigenvalue weighted by Gasteiger charge is 2.36. The zero-order valence-corrected chi connectivity index (χ0v) is 24.5. The molecule has 0 radical (unpaired) electrons. The Bertz CT molecular complexity index is 994. The van der Waals surface area contributed by atoms with E-state index in [-0.39, 0.29) is 35.6 Å². The van der Waals surface area contributed by atoms with Crippen molar-refractivity contribution in [3.05, 3.63) is 69.7 Å². The number of halogens is 2. The molecule has 0 spiro atoms. The SMILES string of the molecule is CN1CC[C@H](c2ccc(Cl)cc2)[C@@H](C(=O)OCCCCCOC(=O)[C@@H]2CN(C)CC[C@H]2c2ccc(Cl)cc2)C1. The smallest absolute Gasteiger partial charge is 0.310 e. The molecule has 0 N–H and O–H groups in total. The van der Waals surface area contributed by atoms with Gasteiger partial charge in [-0.15, -0.1) is 0 Å². The predicted molar refractivity (Wildman–Crippen MR) is 155 cm³/mol. The zero-order chi connectivity index (χ0) is 27.8. The summed E-state index contributed by atoms with van der Waals surface area (Å²) in [4.78, 5) is 30.3. The van der Waals surface area contributed by atoms with Crippen molar-refractivity contribution in [2.45, 2.75) is 43.9 Å². The monoisotopic (exact) mass is 574 g/mol. The topological polar surface area (TPSA) is 59.1 Å². The lowest BCUT2D eigenvalue weighted by atomic mass is 9.80. The van der Waals surface area contributed by atoms with E-state index in [9.17, 15) is 9.59 Å². The third-order valence-electron chi connectivity index (χ3n) is 8.11. The van der Waals surface area contributed by atoms with Gasteiger partial charge in [-0.2, -0.15) is 0 Å². The summed E-state index contributed by atoms with van der Waals surface area (Å²) < 4.78 is 11.4. The molecular formula is C31H40Cl2N2O4. The number of likely N-dealkylation sites (tertiary alicyclic amines) is 2. The van der Waals surface area contributed by atoms with Crippen molar-refractivity contribution < 1.29 is 19.1 Å². The summed E-state index contributed by atoms with van der Waals surface area (Å²) >= 11 is 12.1. The van der Waals surface area contributed by atoms with Crippen LogP contribution < -0.4 is 0 Å². The first-order valence-corrected chi connectivity index (χ1v) is 14.8. The first-order chi connectivity index (χ1) is 18.8. The van der Waals surface area contributed by atoms with Gasteiger partial charge in [-0.3, -0.25) is 9.59 Å². The summed E-state index contributed by atoms with van der Waals surface area (Å²) in [5.41, 5.74) is 2.28. The Morgan fingerprint density at radius 1 is 0.692 bits per heavy atom. The van der Waals surface area contributed by atoms with E-state index in [2.05, 4.69) is 9.80 Å². The van der Waals surface area contributed by atoms with Crippen LogP contribution in [0.5, 0.6) is 0 Å². The highest BCUT2D eigenvalue weighted by Crippen LogP contribution is 2.35. The number of ether oxygens (including phenoxy) is 2. The molecule has 4 rings (SSSR count). The average Bonchev–Trinajstić information content (AvgIpc) is 2.93. The van der Waals surface area contributed by atoms with Crippen molar-refractivity contribution in [3.63, 3.8) is 0 Å². The standard InChI is InChI=1S/C31H40Cl2N2O4/c1-34-16-14-26(22-6-10-24(32)11-7-22)28(20-34)30(36)38-18-4-3-5-19-39-31(37)29-21-35(2)17-15-27(29)23-8-12-25(33)13-9-23/h6-13,26-29H,3-5,14-21H2,1-2H3/t26-,27+,28+,29-. The summed E-state index contributed by atoms with van der Waals surface area (Å²) in [6.45, 7) is 4.05. The lowest BCUT2D eigenvalue weighted by Gasteiger charge is -2.35. The molecule has 6 nitrogen and oxygen atoms in total. The minimum atomic E-state index is -0.187. The van der Waals surface area contributed by atoms with Crippen molar-refractivity contribution in [3.8, 4) is 0 Å². The van der Waals surface area contributed by atoms with Crippen LogP contribution >= 0.6 is 23.2 Å². The fourth-order valence-corrected chi connectivity index (χ4v) is 6.12. The quantitative estimate of drug-likeness (QED) is 0.255. The number of benzene rings is 2. The van der Waals surface area contributed by atoms with Crippen LogP contribution in [0.2, 0.25) is 10.0 Å². The van der Waals surface area contributed by atoms with Gasteiger partial charge in [-0.1, -0.05) is 47.5 Å². The van der Waals surface area contributed by atoms with E-state index >= 15 is 0 Å². The van der Waals surface area contributed by atoms with Crippen LogP contribution in [0.4, 0.5) is 0 Å². The molecule has 2 aliphatic rings. The van der Waals surface area contributed by atoms with E-state index in [1.54, 1.807) is 0 Å². The molecule has 2 saturated heterocycles. The average molecular weight is 576 g/mol. The normalized spacial score (nSPS) is 24.3. The fraction of sp³-hybridized carbons (Fsp3) is 0.548. The molecule has 39 heavy (non-hydrogen) atoms. The summed E-state index contributed by atoms with van der Waals surface area (Å²) in [6, 6.07) is 15.6. The third kappa shape index (κ3) is 8.43. The Labute approximate surface area is 242 Å². The van der Waals surface area contributed by atoms with Gasteiger partial charge in [0.1, 0.15) is 0 Å². The van der Waals surface area contributed by atoms with E-state index in [0.29, 0.717) is 36.3 Å². The maximum Gasteiger partial charge on any atom is 0.310 e. The number of hydrogen-bond donors (Lipinski definition) is 0. The molecule has 2 fully saturated rings. The number of carbonyl (C=O) groups is 2. The molecule has 4 atom stereocenters. The third-order valence-corrected chi connectivity index (χ3v) is 8.61. The molecule has 0 unspecified atom stereocenters. The van der Waals surface area contributed by atoms with Crippen molar-refractivity contribution >= 4 is 35.1 Å². The maximum atomic E-state index is 13.0. The molecule has 0 saturated carbocycles. The van der Waals surface area contributed by atoms with Gasteiger partial charge in [0.05, 0.1) is 25.0 Å². The van der Waals surface area contributed by atoms with Gasteiger partial charge < -0.3 is 19.3 Å². The first-order valence-electron chi connectivity index (χ1n) is 14.0. The first kappa shape index (κ1) is 29.9. The molecule has 0 aromatic heterocycles. The van der Waals surface area contributed by atoms with Gasteiger partial charge in [0, 0.05) is 23.1 Å². The number of hydrogen-bond acceptors (Lipinski definition) is 6. The molecule has 2 aromatic carbocycles. The van der Waals surface area contributed by atoms with Crippen molar-refractivity contribution in [2.75, 3.05) is 53.5 Å². The Balaban J connectivity index is 1.18. The van der Waals surface area contributed by atoms with Crippen molar-refractivity contribution in [1.29, 1.82) is 0 Å². The Morgan fingerprint density at radius 2 is 1.08 bits per heavy atom. The second-order valence-electron chi connectivity index (χ2n) is 11.0. The largest absolute Gasteiger partial charge is 0.465 e. The summed E-state index contributed by atoms with van der Waals surface area (Å²) in [5, 5.41) is 1.40. The van der Waals surface area contributed by atoms with Gasteiger partial charge in [0.25, 0.3) is 0 Å². The molecule has 2 aromatic rings. The van der Waals surface area contributed by atoms with E-state index in [4.69, 9.17) is 32.7 Å². The van der Waals surface area contributed by atoms with Gasteiger partial charge >= 0.3 is 11.9 Å². The van der Waals surface area contributed by atoms with Crippen LogP contribution in [0, 0.1) is 11.8 Å². The molecular weight excluding hydrogens is 535 g/mol. The molecule has 2 heterocycles. The van der Waals surface area contributed by atoms with Crippen LogP contribution in [0.3, 0.4) is 0 Å². The predicted octanol–water partition coefficient (Wildman–Crippen LogP) is 6.02.